The second-order valence-corrected chi connectivity index (χ2v) is 6.76. The third kappa shape index (κ3) is 15.7. The van der Waals surface area contributed by atoms with Gasteiger partial charge in [-0.15, -0.1) is 0 Å². The van der Waals surface area contributed by atoms with Gasteiger partial charge in [-0.25, -0.2) is 0 Å². The summed E-state index contributed by atoms with van der Waals surface area (Å²) in [4.78, 5) is 31.8. The molecule has 1 unspecified atom stereocenters. The van der Waals surface area contributed by atoms with Gasteiger partial charge in [0.25, 0.3) is 0 Å². The summed E-state index contributed by atoms with van der Waals surface area (Å²) in [6.45, 7) is 5.58. The molecule has 0 rings (SSSR count). The fourth-order valence-electron chi connectivity index (χ4n) is 2.95. The summed E-state index contributed by atoms with van der Waals surface area (Å²) in [6, 6.07) is -0.198. The molecule has 0 aromatic rings. The van der Waals surface area contributed by atoms with Crippen molar-refractivity contribution in [2.75, 3.05) is 6.54 Å². The Hall–Kier alpha value is -1.59. The van der Waals surface area contributed by atoms with E-state index in [1.54, 1.807) is 0 Å². The molecule has 0 fully saturated rings. The molecule has 0 aliphatic rings. The first-order valence-electron chi connectivity index (χ1n) is 9.45. The molecule has 0 aromatic heterocycles. The van der Waals surface area contributed by atoms with Crippen molar-refractivity contribution in [2.45, 2.75) is 97.1 Å². The maximum Gasteiger partial charge on any atom is 0.303 e. The molecule has 0 heterocycles. The highest BCUT2D eigenvalue weighted by Crippen LogP contribution is 2.17. The third-order valence-corrected chi connectivity index (χ3v) is 4.11. The Kier molecular flexibility index (Phi) is 14.9. The van der Waals surface area contributed by atoms with Gasteiger partial charge >= 0.3 is 5.97 Å². The standard InChI is InChI=1S/C19H34N2O4/c1-16(14-17(2)25-18(3)22)15-19(21-24)12-10-8-6-4-5-7-9-11-13-20-23/h14,17,19H,4-13,15H2,1-3H3/b16-14+/t17-,19?/m0/s1. The number of hydrogen-bond donors (Lipinski definition) is 0. The van der Waals surface area contributed by atoms with Crippen LogP contribution in [0.2, 0.25) is 0 Å². The Bertz CT molecular complexity index is 410. The van der Waals surface area contributed by atoms with Crippen LogP contribution >= 0.6 is 0 Å². The Morgan fingerprint density at radius 2 is 1.52 bits per heavy atom. The van der Waals surface area contributed by atoms with E-state index >= 15 is 0 Å². The molecule has 6 nitrogen and oxygen atoms in total. The number of nitroso groups, excluding NO2 is 2. The van der Waals surface area contributed by atoms with Crippen LogP contribution in [0.3, 0.4) is 0 Å². The van der Waals surface area contributed by atoms with Crippen molar-refractivity contribution < 1.29 is 9.53 Å². The van der Waals surface area contributed by atoms with Crippen molar-refractivity contribution in [2.24, 2.45) is 10.4 Å². The van der Waals surface area contributed by atoms with Crippen molar-refractivity contribution in [3.8, 4) is 0 Å². The molecule has 25 heavy (non-hydrogen) atoms. The van der Waals surface area contributed by atoms with Gasteiger partial charge in [-0.3, -0.25) is 4.79 Å². The Labute approximate surface area is 151 Å². The van der Waals surface area contributed by atoms with Gasteiger partial charge < -0.3 is 4.74 Å². The molecule has 0 saturated carbocycles. The van der Waals surface area contributed by atoms with Crippen LogP contribution in [0.4, 0.5) is 0 Å². The fourth-order valence-corrected chi connectivity index (χ4v) is 2.95. The molecule has 144 valence electrons. The third-order valence-electron chi connectivity index (χ3n) is 4.11. The first-order chi connectivity index (χ1) is 12.0. The summed E-state index contributed by atoms with van der Waals surface area (Å²) in [5.41, 5.74) is 1.03. The quantitative estimate of drug-likeness (QED) is 0.154. The van der Waals surface area contributed by atoms with Crippen molar-refractivity contribution in [1.82, 2.24) is 0 Å². The molecule has 0 radical (unpaired) electrons. The summed E-state index contributed by atoms with van der Waals surface area (Å²) in [6.07, 6.45) is 11.9. The van der Waals surface area contributed by atoms with Crippen LogP contribution in [0.15, 0.2) is 22.0 Å². The molecule has 0 spiro atoms. The number of carbonyl (C=O) groups is 1. The normalized spacial score (nSPS) is 14.0. The average Bonchev–Trinajstić information content (AvgIpc) is 2.54. The fraction of sp³-hybridized carbons (Fsp3) is 0.842. The van der Waals surface area contributed by atoms with E-state index in [0.29, 0.717) is 13.0 Å². The predicted molar refractivity (Wildman–Crippen MR) is 101 cm³/mol. The zero-order valence-corrected chi connectivity index (χ0v) is 16.0. The van der Waals surface area contributed by atoms with Crippen molar-refractivity contribution in [3.05, 3.63) is 21.5 Å². The van der Waals surface area contributed by atoms with Gasteiger partial charge in [0, 0.05) is 6.92 Å². The van der Waals surface area contributed by atoms with E-state index in [9.17, 15) is 14.6 Å². The minimum atomic E-state index is -0.304. The van der Waals surface area contributed by atoms with Crippen molar-refractivity contribution in [3.63, 3.8) is 0 Å². The first-order valence-corrected chi connectivity index (χ1v) is 9.45. The molecule has 0 aliphatic heterocycles. The monoisotopic (exact) mass is 354 g/mol. The van der Waals surface area contributed by atoms with E-state index in [4.69, 9.17) is 4.74 Å². The van der Waals surface area contributed by atoms with E-state index < -0.39 is 0 Å². The van der Waals surface area contributed by atoms with E-state index in [2.05, 4.69) is 10.4 Å². The number of ether oxygens (including phenoxy) is 1. The number of nitrogens with zero attached hydrogens (tertiary/aromatic N) is 2. The first kappa shape index (κ1) is 23.4. The lowest BCUT2D eigenvalue weighted by Crippen LogP contribution is -2.11. The number of esters is 1. The summed E-state index contributed by atoms with van der Waals surface area (Å²) in [5, 5.41) is 6.10. The van der Waals surface area contributed by atoms with E-state index in [0.717, 1.165) is 37.7 Å². The molecule has 0 N–H and O–H groups in total. The van der Waals surface area contributed by atoms with Crippen LogP contribution in [0.1, 0.15) is 85.0 Å². The molecule has 0 bridgehead atoms. The highest BCUT2D eigenvalue weighted by Gasteiger charge is 2.11. The summed E-state index contributed by atoms with van der Waals surface area (Å²) in [7, 11) is 0. The molecule has 2 atom stereocenters. The molecule has 0 aliphatic carbocycles. The van der Waals surface area contributed by atoms with Crippen LogP contribution in [-0.2, 0) is 9.53 Å². The molecule has 0 saturated heterocycles. The summed E-state index contributed by atoms with van der Waals surface area (Å²) >= 11 is 0. The smallest absolute Gasteiger partial charge is 0.303 e. The van der Waals surface area contributed by atoms with Gasteiger partial charge in [0.15, 0.2) is 0 Å². The van der Waals surface area contributed by atoms with E-state index in [1.165, 1.54) is 32.6 Å². The number of carbonyl (C=O) groups excluding carboxylic acids is 1. The predicted octanol–water partition coefficient (Wildman–Crippen LogP) is 5.69. The largest absolute Gasteiger partial charge is 0.459 e. The second kappa shape index (κ2) is 15.9. The second-order valence-electron chi connectivity index (χ2n) is 6.76. The van der Waals surface area contributed by atoms with Gasteiger partial charge in [0.2, 0.25) is 0 Å². The topological polar surface area (TPSA) is 85.2 Å². The van der Waals surface area contributed by atoms with Gasteiger partial charge in [0.05, 0.1) is 12.6 Å². The maximum absolute atomic E-state index is 11.0. The summed E-state index contributed by atoms with van der Waals surface area (Å²) in [5.74, 6) is -0.304. The molecule has 6 heteroatoms. The lowest BCUT2D eigenvalue weighted by Gasteiger charge is -2.12. The van der Waals surface area contributed by atoms with Gasteiger partial charge in [0.1, 0.15) is 6.10 Å². The molecular formula is C19H34N2O4. The Balaban J connectivity index is 3.77. The number of unbranched alkanes of at least 4 members (excludes halogenated alkanes) is 7. The van der Waals surface area contributed by atoms with Crippen LogP contribution in [0, 0.1) is 9.81 Å². The van der Waals surface area contributed by atoms with E-state index in [1.807, 2.05) is 19.9 Å². The number of rotatable bonds is 16. The van der Waals surface area contributed by atoms with Crippen LogP contribution in [0.5, 0.6) is 0 Å². The maximum atomic E-state index is 11.0. The average molecular weight is 354 g/mol. The highest BCUT2D eigenvalue weighted by atomic mass is 16.5. The van der Waals surface area contributed by atoms with Gasteiger partial charge in [-0.05, 0) is 39.2 Å². The van der Waals surface area contributed by atoms with Gasteiger partial charge in [-0.2, -0.15) is 9.81 Å². The minimum Gasteiger partial charge on any atom is -0.459 e. The lowest BCUT2D eigenvalue weighted by atomic mass is 10.00. The SMILES string of the molecule is CC(=O)O[C@@H](C)/C=C(\C)CC(CCCCCCCCCCN=O)N=O. The number of hydrogen-bond acceptors (Lipinski definition) is 6. The molecule has 0 amide bonds. The zero-order chi connectivity index (χ0) is 18.9. The van der Waals surface area contributed by atoms with Gasteiger partial charge in [-0.1, -0.05) is 60.9 Å². The molecular weight excluding hydrogens is 320 g/mol. The van der Waals surface area contributed by atoms with Crippen LogP contribution in [-0.4, -0.2) is 24.7 Å². The minimum absolute atomic E-state index is 0.198. The molecule has 0 aromatic carbocycles. The lowest BCUT2D eigenvalue weighted by molar-refractivity contribution is -0.143. The van der Waals surface area contributed by atoms with E-state index in [-0.39, 0.29) is 18.1 Å². The van der Waals surface area contributed by atoms with Crippen LogP contribution < -0.4 is 0 Å². The Morgan fingerprint density at radius 1 is 0.960 bits per heavy atom. The Morgan fingerprint density at radius 3 is 2.04 bits per heavy atom. The highest BCUT2D eigenvalue weighted by molar-refractivity contribution is 5.66. The van der Waals surface area contributed by atoms with Crippen LogP contribution in [0.25, 0.3) is 0 Å². The summed E-state index contributed by atoms with van der Waals surface area (Å²) < 4.78 is 5.06. The van der Waals surface area contributed by atoms with Crippen molar-refractivity contribution >= 4 is 5.97 Å². The zero-order valence-electron chi connectivity index (χ0n) is 16.0. The van der Waals surface area contributed by atoms with Crippen molar-refractivity contribution in [1.29, 1.82) is 0 Å².